The number of carbonyl (C=O) groups is 1. The second kappa shape index (κ2) is 4.00. The normalized spacial score (nSPS) is 11.4. The molecule has 0 saturated carbocycles. The van der Waals surface area contributed by atoms with Crippen LogP contribution in [-0.2, 0) is 10.1 Å². The number of aromatic carboxylic acids is 1. The van der Waals surface area contributed by atoms with Crippen LogP contribution >= 0.6 is 0 Å². The van der Waals surface area contributed by atoms with Crippen molar-refractivity contribution in [2.75, 3.05) is 0 Å². The zero-order valence-electron chi connectivity index (χ0n) is 7.26. The minimum atomic E-state index is -4.46. The average molecular weight is 224 g/mol. The van der Waals surface area contributed by atoms with Crippen molar-refractivity contribution < 1.29 is 22.9 Å². The van der Waals surface area contributed by atoms with Crippen LogP contribution < -0.4 is 2.81 Å². The van der Waals surface area contributed by atoms with E-state index in [1.54, 1.807) is 0 Å². The first-order valence-corrected chi connectivity index (χ1v) is 6.08. The Morgan fingerprint density at radius 1 is 1.36 bits per heavy atom. The number of carboxylic acids is 1. The number of benzene rings is 1. The first-order valence-electron chi connectivity index (χ1n) is 3.64. The molecule has 0 saturated heterocycles. The molecule has 70 valence electrons. The quantitative estimate of drug-likeness (QED) is 0.518. The molecule has 0 aromatic heterocycles. The summed E-state index contributed by atoms with van der Waals surface area (Å²) in [4.78, 5) is 10.2. The molecule has 7 heteroatoms. The van der Waals surface area contributed by atoms with Gasteiger partial charge < -0.3 is 0 Å². The first-order chi connectivity index (χ1) is 6.34. The van der Waals surface area contributed by atoms with E-state index in [0.29, 0.717) is 30.7 Å². The van der Waals surface area contributed by atoms with Crippen molar-refractivity contribution in [3.8, 4) is 0 Å². The summed E-state index contributed by atoms with van der Waals surface area (Å²) in [7, 11) is -4.46. The Balaban J connectivity index is 3.62. The molecular weight excluding hydrogens is 219 g/mol. The standard InChI is InChI=1S/C7H5O5S.Na/c8-7(9)5-3-1-2-4-6(5)13(10,11)12;/h1-3H,(H,8,9)(H,10,11,12);. The van der Waals surface area contributed by atoms with Crippen molar-refractivity contribution in [2.45, 2.75) is 4.90 Å². The van der Waals surface area contributed by atoms with Gasteiger partial charge in [0.1, 0.15) is 0 Å². The van der Waals surface area contributed by atoms with Crippen LogP contribution in [0.2, 0.25) is 0 Å². The molecule has 0 aliphatic heterocycles. The van der Waals surface area contributed by atoms with E-state index >= 15 is 0 Å². The summed E-state index contributed by atoms with van der Waals surface area (Å²) < 4.78 is 31.0. The molecule has 0 amide bonds. The molecule has 0 radical (unpaired) electrons. The van der Waals surface area contributed by atoms with Crippen LogP contribution in [0.3, 0.4) is 0 Å². The van der Waals surface area contributed by atoms with Crippen LogP contribution in [0.15, 0.2) is 23.1 Å². The molecule has 0 bridgehead atoms. The average Bonchev–Trinajstić information content (AvgIpc) is 2.01. The Morgan fingerprint density at radius 2 is 1.93 bits per heavy atom. The molecular formula is C7H5NaO5S. The summed E-state index contributed by atoms with van der Waals surface area (Å²) in [5.41, 5.74) is -0.389. The van der Waals surface area contributed by atoms with Gasteiger partial charge in [-0.3, -0.25) is 0 Å². The second-order valence-corrected chi connectivity index (χ2v) is 5.17. The Labute approximate surface area is 97.9 Å². The van der Waals surface area contributed by atoms with Crippen molar-refractivity contribution in [1.29, 1.82) is 0 Å². The van der Waals surface area contributed by atoms with E-state index in [2.05, 4.69) is 0 Å². The maximum atomic E-state index is 10.9. The first kappa shape index (κ1) is 11.7. The molecule has 2 N–H and O–H groups in total. The third kappa shape index (κ3) is 2.34. The summed E-state index contributed by atoms with van der Waals surface area (Å²) in [6, 6.07) is 4.06. The zero-order valence-corrected chi connectivity index (χ0v) is 10.1. The minimum absolute atomic E-state index is 0.340. The van der Waals surface area contributed by atoms with Gasteiger partial charge in [0.2, 0.25) is 0 Å². The Morgan fingerprint density at radius 3 is 2.29 bits per heavy atom. The van der Waals surface area contributed by atoms with Gasteiger partial charge in [0, 0.05) is 0 Å². The van der Waals surface area contributed by atoms with E-state index in [9.17, 15) is 13.2 Å². The van der Waals surface area contributed by atoms with Gasteiger partial charge in [0.05, 0.1) is 0 Å². The van der Waals surface area contributed by atoms with E-state index < -0.39 is 21.0 Å². The predicted octanol–water partition coefficient (Wildman–Crippen LogP) is -0.575. The van der Waals surface area contributed by atoms with Gasteiger partial charge in [-0.1, -0.05) is 0 Å². The third-order valence-electron chi connectivity index (χ3n) is 1.70. The van der Waals surface area contributed by atoms with Crippen molar-refractivity contribution in [3.05, 3.63) is 23.8 Å². The Hall–Kier alpha value is -0.400. The summed E-state index contributed by atoms with van der Waals surface area (Å²) in [6.07, 6.45) is 0. The molecule has 0 atom stereocenters. The van der Waals surface area contributed by atoms with Gasteiger partial charge in [0.25, 0.3) is 0 Å². The summed E-state index contributed by atoms with van der Waals surface area (Å²) in [5.74, 6) is -1.37. The van der Waals surface area contributed by atoms with Gasteiger partial charge in [-0.15, -0.1) is 0 Å². The van der Waals surface area contributed by atoms with Crippen LogP contribution in [0, 0.1) is 0 Å². The van der Waals surface area contributed by atoms with Crippen molar-refractivity contribution in [3.63, 3.8) is 0 Å². The molecule has 1 aromatic rings. The monoisotopic (exact) mass is 224 g/mol. The summed E-state index contributed by atoms with van der Waals surface area (Å²) in [5, 5.41) is 8.69. The van der Waals surface area contributed by atoms with Gasteiger partial charge in [-0.2, -0.15) is 0 Å². The second-order valence-electron chi connectivity index (χ2n) is 2.73. The van der Waals surface area contributed by atoms with Crippen molar-refractivity contribution in [1.82, 2.24) is 0 Å². The van der Waals surface area contributed by atoms with Crippen LogP contribution in [0.5, 0.6) is 0 Å². The van der Waals surface area contributed by atoms with Gasteiger partial charge in [-0.25, -0.2) is 0 Å². The fraction of sp³-hybridized carbons (Fsp3) is 0. The molecule has 0 fully saturated rings. The van der Waals surface area contributed by atoms with Gasteiger partial charge in [-0.05, 0) is 0 Å². The fourth-order valence-corrected chi connectivity index (χ4v) is 3.31. The SMILES string of the molecule is O=C(O)c1ccc[c]([Na])c1S(=O)(=O)O. The van der Waals surface area contributed by atoms with E-state index in [0.717, 1.165) is 6.07 Å². The number of rotatable bonds is 2. The molecule has 0 heterocycles. The van der Waals surface area contributed by atoms with Gasteiger partial charge >= 0.3 is 98.4 Å². The van der Waals surface area contributed by atoms with Crippen LogP contribution in [0.1, 0.15) is 10.4 Å². The van der Waals surface area contributed by atoms with Crippen molar-refractivity contribution >= 4 is 46.8 Å². The van der Waals surface area contributed by atoms with E-state index in [1.807, 2.05) is 0 Å². The number of hydrogen-bond acceptors (Lipinski definition) is 3. The molecule has 5 nitrogen and oxygen atoms in total. The fourth-order valence-electron chi connectivity index (χ4n) is 1.16. The van der Waals surface area contributed by atoms with Crippen LogP contribution in [0.4, 0.5) is 0 Å². The predicted molar refractivity (Wildman–Crippen MR) is 48.6 cm³/mol. The van der Waals surface area contributed by atoms with E-state index in [4.69, 9.17) is 9.66 Å². The Kier molecular flexibility index (Phi) is 3.33. The molecule has 0 aliphatic carbocycles. The molecule has 0 aliphatic rings. The van der Waals surface area contributed by atoms with Crippen LogP contribution in [-0.4, -0.2) is 52.0 Å². The van der Waals surface area contributed by atoms with Crippen LogP contribution in [0.25, 0.3) is 0 Å². The van der Waals surface area contributed by atoms with Gasteiger partial charge in [0.15, 0.2) is 0 Å². The van der Waals surface area contributed by atoms with Crippen molar-refractivity contribution in [2.24, 2.45) is 0 Å². The zero-order chi connectivity index (χ0) is 10.9. The molecule has 0 spiro atoms. The third-order valence-corrected chi connectivity index (χ3v) is 3.95. The maximum absolute atomic E-state index is 10.9. The summed E-state index contributed by atoms with van der Waals surface area (Å²) in [6.45, 7) is 0. The van der Waals surface area contributed by atoms with E-state index in [-0.39, 0.29) is 5.56 Å². The number of hydrogen-bond donors (Lipinski definition) is 2. The molecule has 0 unspecified atom stereocenters. The Bertz CT molecular complexity index is 479. The van der Waals surface area contributed by atoms with E-state index in [1.165, 1.54) is 12.1 Å². The summed E-state index contributed by atoms with van der Waals surface area (Å²) >= 11 is 0.348. The molecule has 1 aromatic carbocycles. The topological polar surface area (TPSA) is 91.7 Å². The number of carboxylic acid groups (broad SMARTS) is 1. The molecule has 14 heavy (non-hydrogen) atoms. The molecule has 1 rings (SSSR count).